The van der Waals surface area contributed by atoms with Crippen molar-refractivity contribution in [1.29, 1.82) is 0 Å². The minimum Gasteiger partial charge on any atom is -0.450 e. The van der Waals surface area contributed by atoms with E-state index >= 15 is 0 Å². The molecule has 2 fully saturated rings. The first-order valence-corrected chi connectivity index (χ1v) is 8.65. The molecule has 2 amide bonds. The summed E-state index contributed by atoms with van der Waals surface area (Å²) in [4.78, 5) is 26.4. The van der Waals surface area contributed by atoms with Crippen LogP contribution in [-0.2, 0) is 9.53 Å². The second-order valence-corrected chi connectivity index (χ2v) is 7.02. The van der Waals surface area contributed by atoms with Crippen molar-refractivity contribution in [3.05, 3.63) is 34.6 Å². The zero-order valence-electron chi connectivity index (χ0n) is 14.7. The average molecular weight is 342 g/mol. The van der Waals surface area contributed by atoms with Crippen LogP contribution in [0.4, 0.5) is 0 Å². The summed E-state index contributed by atoms with van der Waals surface area (Å²) in [5.74, 6) is 0.154. The first kappa shape index (κ1) is 16.1. The molecule has 2 aliphatic rings. The van der Waals surface area contributed by atoms with Gasteiger partial charge in [-0.1, -0.05) is 12.1 Å². The lowest BCUT2D eigenvalue weighted by Crippen LogP contribution is -2.61. The van der Waals surface area contributed by atoms with Crippen molar-refractivity contribution in [3.8, 4) is 0 Å². The minimum absolute atomic E-state index is 0.0111. The summed E-state index contributed by atoms with van der Waals surface area (Å²) in [6.45, 7) is 7.10. The minimum atomic E-state index is -0.146. The van der Waals surface area contributed by atoms with Gasteiger partial charge in [0.2, 0.25) is 5.91 Å². The molecule has 6 heteroatoms. The number of carbonyl (C=O) groups excluding carboxylic acids is 2. The van der Waals surface area contributed by atoms with Crippen LogP contribution in [0.25, 0.3) is 11.0 Å². The number of hydrogen-bond donors (Lipinski definition) is 1. The van der Waals surface area contributed by atoms with E-state index in [4.69, 9.17) is 9.15 Å². The van der Waals surface area contributed by atoms with Gasteiger partial charge in [-0.25, -0.2) is 0 Å². The van der Waals surface area contributed by atoms with Gasteiger partial charge in [0.25, 0.3) is 5.91 Å². The maximum Gasteiger partial charge on any atom is 0.289 e. The molecule has 2 aliphatic heterocycles. The summed E-state index contributed by atoms with van der Waals surface area (Å²) in [6, 6.07) is 3.91. The summed E-state index contributed by atoms with van der Waals surface area (Å²) in [6.07, 6.45) is 0.705. The molecule has 3 heterocycles. The summed E-state index contributed by atoms with van der Waals surface area (Å²) in [5, 5.41) is 3.95. The van der Waals surface area contributed by atoms with Crippen molar-refractivity contribution in [3.63, 3.8) is 0 Å². The molecule has 0 spiro atoms. The van der Waals surface area contributed by atoms with Crippen molar-refractivity contribution in [2.75, 3.05) is 19.7 Å². The largest absolute Gasteiger partial charge is 0.450 e. The van der Waals surface area contributed by atoms with Crippen LogP contribution in [-0.4, -0.2) is 48.6 Å². The van der Waals surface area contributed by atoms with Gasteiger partial charge in [0.1, 0.15) is 12.2 Å². The number of nitrogens with one attached hydrogen (secondary N) is 1. The van der Waals surface area contributed by atoms with Crippen molar-refractivity contribution in [1.82, 2.24) is 10.2 Å². The Balaban J connectivity index is 1.64. The highest BCUT2D eigenvalue weighted by molar-refractivity contribution is 6.00. The number of aryl methyl sites for hydroxylation is 3. The van der Waals surface area contributed by atoms with Crippen LogP contribution in [0, 0.1) is 20.8 Å². The number of piperidine rings is 1. The molecule has 2 aromatic rings. The van der Waals surface area contributed by atoms with Crippen LogP contribution < -0.4 is 5.32 Å². The normalized spacial score (nSPS) is 23.5. The Hall–Kier alpha value is -2.34. The monoisotopic (exact) mass is 342 g/mol. The SMILES string of the molecule is Cc1ccc(C)c2c(C)c(C(=O)N3CC[C@@H]4OCC(=O)N[C@H]4C3)oc12. The van der Waals surface area contributed by atoms with E-state index in [1.807, 2.05) is 26.8 Å². The van der Waals surface area contributed by atoms with E-state index in [1.54, 1.807) is 4.90 Å². The predicted molar refractivity (Wildman–Crippen MR) is 92.6 cm³/mol. The second-order valence-electron chi connectivity index (χ2n) is 7.02. The maximum absolute atomic E-state index is 13.0. The molecular formula is C19H22N2O4. The molecule has 25 heavy (non-hydrogen) atoms. The number of likely N-dealkylation sites (tertiary alicyclic amines) is 1. The van der Waals surface area contributed by atoms with E-state index in [1.165, 1.54) is 0 Å². The number of nitrogens with zero attached hydrogens (tertiary/aromatic N) is 1. The first-order chi connectivity index (χ1) is 12.0. The molecule has 0 aliphatic carbocycles. The smallest absolute Gasteiger partial charge is 0.289 e. The first-order valence-electron chi connectivity index (χ1n) is 8.65. The number of hydrogen-bond acceptors (Lipinski definition) is 4. The molecule has 1 N–H and O–H groups in total. The lowest BCUT2D eigenvalue weighted by atomic mass is 9.99. The highest BCUT2D eigenvalue weighted by Gasteiger charge is 2.37. The number of morpholine rings is 1. The average Bonchev–Trinajstić information content (AvgIpc) is 2.95. The van der Waals surface area contributed by atoms with Gasteiger partial charge in [-0.15, -0.1) is 0 Å². The van der Waals surface area contributed by atoms with Gasteiger partial charge in [-0.05, 0) is 38.3 Å². The molecule has 0 unspecified atom stereocenters. The van der Waals surface area contributed by atoms with E-state index in [0.717, 1.165) is 27.7 Å². The summed E-state index contributed by atoms with van der Waals surface area (Å²) in [7, 11) is 0. The number of amides is 2. The highest BCUT2D eigenvalue weighted by Crippen LogP contribution is 2.32. The molecule has 1 aromatic carbocycles. The number of furan rings is 1. The third-order valence-corrected chi connectivity index (χ3v) is 5.29. The third kappa shape index (κ3) is 2.61. The lowest BCUT2D eigenvalue weighted by molar-refractivity contribution is -0.139. The van der Waals surface area contributed by atoms with Crippen molar-refractivity contribution >= 4 is 22.8 Å². The Kier molecular flexibility index (Phi) is 3.80. The van der Waals surface area contributed by atoms with Crippen LogP contribution in [0.2, 0.25) is 0 Å². The molecule has 0 radical (unpaired) electrons. The number of benzene rings is 1. The summed E-state index contributed by atoms with van der Waals surface area (Å²) in [5.41, 5.74) is 3.79. The molecule has 2 saturated heterocycles. The van der Waals surface area contributed by atoms with Gasteiger partial charge in [0.15, 0.2) is 5.76 Å². The fourth-order valence-electron chi connectivity index (χ4n) is 3.91. The van der Waals surface area contributed by atoms with Crippen molar-refractivity contribution in [2.24, 2.45) is 0 Å². The highest BCUT2D eigenvalue weighted by atomic mass is 16.5. The fourth-order valence-corrected chi connectivity index (χ4v) is 3.91. The van der Waals surface area contributed by atoms with E-state index in [-0.39, 0.29) is 30.6 Å². The Labute approximate surface area is 146 Å². The standard InChI is InChI=1S/C19H22N2O4/c1-10-4-5-11(2)17-16(10)12(3)18(25-17)19(23)21-7-6-14-13(8-21)20-15(22)9-24-14/h4-5,13-14H,6-9H2,1-3H3,(H,20,22)/t13-,14-/m0/s1. The third-order valence-electron chi connectivity index (χ3n) is 5.29. The lowest BCUT2D eigenvalue weighted by Gasteiger charge is -2.40. The van der Waals surface area contributed by atoms with Gasteiger partial charge in [0.05, 0.1) is 12.1 Å². The Morgan fingerprint density at radius 2 is 2.00 bits per heavy atom. The molecule has 4 rings (SSSR count). The number of fused-ring (bicyclic) bond motifs is 2. The topological polar surface area (TPSA) is 71.8 Å². The van der Waals surface area contributed by atoms with Gasteiger partial charge >= 0.3 is 0 Å². The summed E-state index contributed by atoms with van der Waals surface area (Å²) < 4.78 is 11.5. The van der Waals surface area contributed by atoms with E-state index in [2.05, 4.69) is 11.4 Å². The molecule has 6 nitrogen and oxygen atoms in total. The van der Waals surface area contributed by atoms with Crippen molar-refractivity contribution in [2.45, 2.75) is 39.3 Å². The zero-order valence-corrected chi connectivity index (χ0v) is 14.7. The second kappa shape index (κ2) is 5.88. The van der Waals surface area contributed by atoms with Gasteiger partial charge < -0.3 is 19.4 Å². The number of carbonyl (C=O) groups is 2. The molecular weight excluding hydrogens is 320 g/mol. The predicted octanol–water partition coefficient (Wildman–Crippen LogP) is 2.09. The van der Waals surface area contributed by atoms with Crippen LogP contribution in [0.5, 0.6) is 0 Å². The zero-order chi connectivity index (χ0) is 17.7. The quantitative estimate of drug-likeness (QED) is 0.861. The maximum atomic E-state index is 13.0. The number of rotatable bonds is 1. The molecule has 0 saturated carbocycles. The Bertz CT molecular complexity index is 870. The molecule has 132 valence electrons. The van der Waals surface area contributed by atoms with E-state index in [0.29, 0.717) is 25.3 Å². The van der Waals surface area contributed by atoms with Crippen LogP contribution in [0.3, 0.4) is 0 Å². The van der Waals surface area contributed by atoms with Gasteiger partial charge in [0, 0.05) is 24.0 Å². The molecule has 2 atom stereocenters. The van der Waals surface area contributed by atoms with Crippen LogP contribution in [0.15, 0.2) is 16.5 Å². The Morgan fingerprint density at radius 3 is 2.76 bits per heavy atom. The Morgan fingerprint density at radius 1 is 1.24 bits per heavy atom. The van der Waals surface area contributed by atoms with E-state index in [9.17, 15) is 9.59 Å². The van der Waals surface area contributed by atoms with Crippen LogP contribution in [0.1, 0.15) is 33.7 Å². The molecule has 1 aromatic heterocycles. The fraction of sp³-hybridized carbons (Fsp3) is 0.474. The van der Waals surface area contributed by atoms with Gasteiger partial charge in [-0.2, -0.15) is 0 Å². The summed E-state index contributed by atoms with van der Waals surface area (Å²) >= 11 is 0. The van der Waals surface area contributed by atoms with Crippen LogP contribution >= 0.6 is 0 Å². The van der Waals surface area contributed by atoms with E-state index < -0.39 is 0 Å². The number of ether oxygens (including phenoxy) is 1. The molecule has 0 bridgehead atoms. The van der Waals surface area contributed by atoms with Crippen molar-refractivity contribution < 1.29 is 18.7 Å². The van der Waals surface area contributed by atoms with Gasteiger partial charge in [-0.3, -0.25) is 9.59 Å².